The fraction of sp³-hybridized carbons (Fsp3) is 0.200. The number of thioether (sulfide) groups is 1. The van der Waals surface area contributed by atoms with Crippen molar-refractivity contribution in [3.63, 3.8) is 0 Å². The van der Waals surface area contributed by atoms with Crippen LogP contribution in [0.2, 0.25) is 5.02 Å². The Hall–Kier alpha value is -2.80. The maximum absolute atomic E-state index is 13.1. The van der Waals surface area contributed by atoms with Gasteiger partial charge in [-0.1, -0.05) is 35.9 Å². The minimum absolute atomic E-state index is 0.110. The summed E-state index contributed by atoms with van der Waals surface area (Å²) in [7, 11) is 0. The average molecular weight is 467 g/mol. The number of carbonyl (C=O) groups is 1. The molecule has 1 fully saturated rings. The lowest BCUT2D eigenvalue weighted by Gasteiger charge is -2.15. The molecule has 1 aliphatic heterocycles. The van der Waals surface area contributed by atoms with Gasteiger partial charge in [0, 0.05) is 23.3 Å². The summed E-state index contributed by atoms with van der Waals surface area (Å²) in [6, 6.07) is 19.0. The lowest BCUT2D eigenvalue weighted by Crippen LogP contribution is -2.32. The Labute approximate surface area is 196 Å². The van der Waals surface area contributed by atoms with E-state index < -0.39 is 0 Å². The van der Waals surface area contributed by atoms with E-state index in [0.29, 0.717) is 46.4 Å². The molecule has 0 aliphatic carbocycles. The van der Waals surface area contributed by atoms with Crippen LogP contribution in [0.4, 0.5) is 5.69 Å². The number of amides is 1. The fourth-order valence-electron chi connectivity index (χ4n) is 3.27. The number of rotatable bonds is 7. The third-order valence-corrected chi connectivity index (χ3v) is 6.14. The van der Waals surface area contributed by atoms with Crippen molar-refractivity contribution in [1.29, 1.82) is 0 Å². The first kappa shape index (κ1) is 22.4. The number of aryl methyl sites for hydroxylation is 1. The molecule has 2 aromatic carbocycles. The molecular formula is C25H23ClN2O3S. The summed E-state index contributed by atoms with van der Waals surface area (Å²) in [5.41, 5.74) is 2.79. The van der Waals surface area contributed by atoms with E-state index in [4.69, 9.17) is 20.8 Å². The number of ether oxygens (including phenoxy) is 1. The number of hydrogen-bond acceptors (Lipinski definition) is 5. The molecule has 0 radical (unpaired) electrons. The Bertz CT molecular complexity index is 1170. The quantitative estimate of drug-likeness (QED) is 0.292. The van der Waals surface area contributed by atoms with Crippen LogP contribution in [0.15, 0.2) is 75.0 Å². The normalized spacial score (nSPS) is 16.5. The largest absolute Gasteiger partial charge is 0.457 e. The molecule has 0 atom stereocenters. The van der Waals surface area contributed by atoms with Gasteiger partial charge in [-0.2, -0.15) is 0 Å². The molecule has 0 saturated carbocycles. The molecule has 0 spiro atoms. The van der Waals surface area contributed by atoms with Gasteiger partial charge >= 0.3 is 0 Å². The van der Waals surface area contributed by atoms with Gasteiger partial charge in [-0.25, -0.2) is 4.99 Å². The summed E-state index contributed by atoms with van der Waals surface area (Å²) in [6.07, 6.45) is 1.76. The van der Waals surface area contributed by atoms with E-state index in [9.17, 15) is 4.79 Å². The average Bonchev–Trinajstić information content (AvgIpc) is 3.36. The number of carbonyl (C=O) groups excluding carboxylic acids is 1. The highest BCUT2D eigenvalue weighted by molar-refractivity contribution is 8.18. The maximum Gasteiger partial charge on any atom is 0.266 e. The van der Waals surface area contributed by atoms with Crippen LogP contribution in [0, 0.1) is 6.92 Å². The molecule has 1 aliphatic rings. The third kappa shape index (κ3) is 5.15. The van der Waals surface area contributed by atoms with Crippen molar-refractivity contribution in [2.75, 3.05) is 19.8 Å². The Morgan fingerprint density at radius 1 is 1.16 bits per heavy atom. The van der Waals surface area contributed by atoms with Crippen LogP contribution < -0.4 is 0 Å². The van der Waals surface area contributed by atoms with E-state index in [0.717, 1.165) is 16.8 Å². The Kier molecular flexibility index (Phi) is 7.15. The lowest BCUT2D eigenvalue weighted by atomic mass is 10.1. The first-order valence-corrected chi connectivity index (χ1v) is 11.5. The van der Waals surface area contributed by atoms with Crippen LogP contribution in [-0.4, -0.2) is 35.7 Å². The van der Waals surface area contributed by atoms with E-state index in [-0.39, 0.29) is 5.91 Å². The van der Waals surface area contributed by atoms with Gasteiger partial charge in [-0.3, -0.25) is 9.69 Å². The van der Waals surface area contributed by atoms with Crippen LogP contribution in [0.1, 0.15) is 18.2 Å². The van der Waals surface area contributed by atoms with Crippen molar-refractivity contribution < 1.29 is 13.9 Å². The molecule has 5 nitrogen and oxygen atoms in total. The zero-order valence-corrected chi connectivity index (χ0v) is 19.4. The maximum atomic E-state index is 13.1. The van der Waals surface area contributed by atoms with Gasteiger partial charge in [-0.05, 0) is 67.6 Å². The van der Waals surface area contributed by atoms with Gasteiger partial charge in [0.15, 0.2) is 5.17 Å². The van der Waals surface area contributed by atoms with Gasteiger partial charge in [0.2, 0.25) is 0 Å². The summed E-state index contributed by atoms with van der Waals surface area (Å²) in [5.74, 6) is 1.20. The summed E-state index contributed by atoms with van der Waals surface area (Å²) in [5, 5.41) is 1.28. The number of benzene rings is 2. The van der Waals surface area contributed by atoms with Crippen LogP contribution in [0.3, 0.4) is 0 Å². The highest BCUT2D eigenvalue weighted by Gasteiger charge is 2.33. The third-order valence-electron chi connectivity index (χ3n) is 4.90. The van der Waals surface area contributed by atoms with E-state index in [1.165, 1.54) is 11.8 Å². The van der Waals surface area contributed by atoms with Crippen LogP contribution >= 0.6 is 23.4 Å². The summed E-state index contributed by atoms with van der Waals surface area (Å²) in [6.45, 7) is 5.42. The topological polar surface area (TPSA) is 55.0 Å². The number of para-hydroxylation sites is 1. The molecule has 2 heterocycles. The molecule has 164 valence electrons. The predicted molar refractivity (Wildman–Crippen MR) is 131 cm³/mol. The van der Waals surface area contributed by atoms with Gasteiger partial charge in [0.25, 0.3) is 5.91 Å². The van der Waals surface area contributed by atoms with E-state index >= 15 is 0 Å². The van der Waals surface area contributed by atoms with Gasteiger partial charge < -0.3 is 9.15 Å². The Balaban J connectivity index is 1.62. The second-order valence-corrected chi connectivity index (χ2v) is 8.60. The van der Waals surface area contributed by atoms with Crippen LogP contribution in [0.25, 0.3) is 17.4 Å². The van der Waals surface area contributed by atoms with Crippen molar-refractivity contribution >= 4 is 46.2 Å². The zero-order valence-electron chi connectivity index (χ0n) is 17.9. The van der Waals surface area contributed by atoms with Crippen LogP contribution in [-0.2, 0) is 9.53 Å². The minimum Gasteiger partial charge on any atom is -0.457 e. The van der Waals surface area contributed by atoms with Crippen LogP contribution in [0.5, 0.6) is 0 Å². The minimum atomic E-state index is -0.110. The number of amidine groups is 1. The first-order chi connectivity index (χ1) is 15.5. The van der Waals surface area contributed by atoms with Crippen molar-refractivity contribution in [1.82, 2.24) is 4.90 Å². The second-order valence-electron chi connectivity index (χ2n) is 7.16. The zero-order chi connectivity index (χ0) is 22.5. The SMILES string of the molecule is CCOCCN1C(=O)/C(=C\c2ccc(-c3cc(Cl)ccc3C)o2)SC1=Nc1ccccc1. The molecule has 32 heavy (non-hydrogen) atoms. The van der Waals surface area contributed by atoms with Crippen molar-refractivity contribution in [2.45, 2.75) is 13.8 Å². The Morgan fingerprint density at radius 2 is 1.97 bits per heavy atom. The number of hydrogen-bond donors (Lipinski definition) is 0. The number of furan rings is 1. The van der Waals surface area contributed by atoms with Crippen molar-refractivity contribution in [3.8, 4) is 11.3 Å². The van der Waals surface area contributed by atoms with Gasteiger partial charge in [-0.15, -0.1) is 0 Å². The standard InChI is InChI=1S/C25H23ClN2O3S/c1-3-30-14-13-28-24(29)23(32-25(28)27-19-7-5-4-6-8-19)16-20-11-12-22(31-20)21-15-18(26)10-9-17(21)2/h4-12,15-16H,3,13-14H2,1-2H3/b23-16+,27-25?. The second kappa shape index (κ2) is 10.2. The molecule has 0 bridgehead atoms. The molecule has 1 aromatic heterocycles. The van der Waals surface area contributed by atoms with E-state index in [2.05, 4.69) is 4.99 Å². The summed E-state index contributed by atoms with van der Waals surface area (Å²) < 4.78 is 11.5. The van der Waals surface area contributed by atoms with Crippen molar-refractivity contribution in [3.05, 3.63) is 81.9 Å². The number of nitrogens with zero attached hydrogens (tertiary/aromatic N) is 2. The molecule has 0 N–H and O–H groups in total. The predicted octanol–water partition coefficient (Wildman–Crippen LogP) is 6.55. The lowest BCUT2D eigenvalue weighted by molar-refractivity contribution is -0.122. The summed E-state index contributed by atoms with van der Waals surface area (Å²) >= 11 is 7.49. The molecule has 1 amide bonds. The molecule has 0 unspecified atom stereocenters. The fourth-order valence-corrected chi connectivity index (χ4v) is 4.44. The van der Waals surface area contributed by atoms with Gasteiger partial charge in [0.1, 0.15) is 11.5 Å². The molecule has 7 heteroatoms. The highest BCUT2D eigenvalue weighted by atomic mass is 35.5. The van der Waals surface area contributed by atoms with E-state index in [1.54, 1.807) is 11.0 Å². The molecular weight excluding hydrogens is 444 g/mol. The molecule has 4 rings (SSSR count). The first-order valence-electron chi connectivity index (χ1n) is 10.3. The number of halogens is 1. The van der Waals surface area contributed by atoms with Gasteiger partial charge in [0.05, 0.1) is 23.7 Å². The highest BCUT2D eigenvalue weighted by Crippen LogP contribution is 2.35. The summed E-state index contributed by atoms with van der Waals surface area (Å²) in [4.78, 5) is 20.0. The monoisotopic (exact) mass is 466 g/mol. The smallest absolute Gasteiger partial charge is 0.266 e. The number of aliphatic imine (C=N–C) groups is 1. The van der Waals surface area contributed by atoms with Crippen molar-refractivity contribution in [2.24, 2.45) is 4.99 Å². The molecule has 3 aromatic rings. The Morgan fingerprint density at radius 3 is 2.75 bits per heavy atom. The van der Waals surface area contributed by atoms with E-state index in [1.807, 2.05) is 74.5 Å². The molecule has 1 saturated heterocycles.